The second-order valence-electron chi connectivity index (χ2n) is 17.8. The summed E-state index contributed by atoms with van der Waals surface area (Å²) in [6, 6.07) is 0. The highest BCUT2D eigenvalue weighted by molar-refractivity contribution is 5.71. The van der Waals surface area contributed by atoms with Crippen LogP contribution in [0.1, 0.15) is 233 Å². The average Bonchev–Trinajstić information content (AvgIpc) is 3.34. The molecule has 0 aliphatic rings. The monoisotopic (exact) mass is 941 g/mol. The van der Waals surface area contributed by atoms with Crippen molar-refractivity contribution in [3.05, 3.63) is 122 Å². The lowest BCUT2D eigenvalue weighted by Crippen LogP contribution is -2.30. The van der Waals surface area contributed by atoms with Gasteiger partial charge in [0.1, 0.15) is 13.2 Å². The Hall–Kier alpha value is -4.19. The molecule has 1 unspecified atom stereocenters. The van der Waals surface area contributed by atoms with E-state index in [2.05, 4.69) is 142 Å². The van der Waals surface area contributed by atoms with Crippen molar-refractivity contribution in [2.75, 3.05) is 13.2 Å². The van der Waals surface area contributed by atoms with Crippen LogP contribution in [0, 0.1) is 0 Å². The molecule has 0 amide bonds. The molecule has 68 heavy (non-hydrogen) atoms. The zero-order valence-corrected chi connectivity index (χ0v) is 43.8. The normalized spacial score (nSPS) is 13.0. The van der Waals surface area contributed by atoms with Crippen LogP contribution in [-0.4, -0.2) is 37.2 Å². The Balaban J connectivity index is 4.42. The van der Waals surface area contributed by atoms with Gasteiger partial charge in [0, 0.05) is 19.3 Å². The first kappa shape index (κ1) is 63.8. The summed E-state index contributed by atoms with van der Waals surface area (Å²) in [5.41, 5.74) is 0. The molecule has 6 nitrogen and oxygen atoms in total. The zero-order valence-electron chi connectivity index (χ0n) is 43.8. The molecular formula is C62H100O6. The predicted molar refractivity (Wildman–Crippen MR) is 293 cm³/mol. The average molecular weight is 941 g/mol. The molecule has 0 aromatic rings. The molecule has 0 radical (unpaired) electrons. The maximum absolute atomic E-state index is 12.8. The van der Waals surface area contributed by atoms with Crippen LogP contribution in [0.2, 0.25) is 0 Å². The second kappa shape index (κ2) is 55.4. The highest BCUT2D eigenvalue weighted by Crippen LogP contribution is 2.13. The molecule has 0 fully saturated rings. The van der Waals surface area contributed by atoms with Crippen molar-refractivity contribution in [1.29, 1.82) is 0 Å². The van der Waals surface area contributed by atoms with Gasteiger partial charge in [-0.2, -0.15) is 0 Å². The summed E-state index contributed by atoms with van der Waals surface area (Å²) in [6.07, 6.45) is 76.3. The Morgan fingerprint density at radius 1 is 0.309 bits per heavy atom. The smallest absolute Gasteiger partial charge is 0.306 e. The minimum absolute atomic E-state index is 0.104. The number of allylic oxidation sites excluding steroid dienone is 20. The molecule has 0 aliphatic heterocycles. The third-order valence-electron chi connectivity index (χ3n) is 11.2. The lowest BCUT2D eigenvalue weighted by atomic mass is 10.1. The molecule has 0 heterocycles. The topological polar surface area (TPSA) is 78.9 Å². The van der Waals surface area contributed by atoms with E-state index in [9.17, 15) is 14.4 Å². The number of esters is 3. The minimum Gasteiger partial charge on any atom is -0.462 e. The number of carbonyl (C=O) groups excluding carboxylic acids is 3. The van der Waals surface area contributed by atoms with Gasteiger partial charge in [0.2, 0.25) is 0 Å². The van der Waals surface area contributed by atoms with Gasteiger partial charge in [-0.25, -0.2) is 0 Å². The summed E-state index contributed by atoms with van der Waals surface area (Å²) in [4.78, 5) is 37.9. The summed E-state index contributed by atoms with van der Waals surface area (Å²) in [5.74, 6) is -0.988. The number of rotatable bonds is 48. The van der Waals surface area contributed by atoms with Crippen molar-refractivity contribution in [3.63, 3.8) is 0 Å². The fourth-order valence-electron chi connectivity index (χ4n) is 7.08. The Kier molecular flexibility index (Phi) is 52.0. The van der Waals surface area contributed by atoms with Crippen molar-refractivity contribution < 1.29 is 28.6 Å². The molecule has 0 aliphatic carbocycles. The molecule has 1 atom stereocenters. The van der Waals surface area contributed by atoms with E-state index < -0.39 is 6.10 Å². The summed E-state index contributed by atoms with van der Waals surface area (Å²) in [6.45, 7) is 6.40. The molecule has 0 bridgehead atoms. The first-order valence-electron chi connectivity index (χ1n) is 27.5. The number of unbranched alkanes of at least 4 members (excludes halogenated alkanes) is 17. The highest BCUT2D eigenvalue weighted by Gasteiger charge is 2.19. The third-order valence-corrected chi connectivity index (χ3v) is 11.2. The lowest BCUT2D eigenvalue weighted by Gasteiger charge is -2.18. The van der Waals surface area contributed by atoms with E-state index in [4.69, 9.17) is 14.2 Å². The number of ether oxygens (including phenoxy) is 3. The van der Waals surface area contributed by atoms with E-state index in [0.717, 1.165) is 116 Å². The van der Waals surface area contributed by atoms with Crippen LogP contribution in [0.4, 0.5) is 0 Å². The predicted octanol–water partition coefficient (Wildman–Crippen LogP) is 18.5. The fourth-order valence-corrected chi connectivity index (χ4v) is 7.08. The molecular weight excluding hydrogens is 841 g/mol. The molecule has 0 saturated heterocycles. The SMILES string of the molecule is CC/C=C\C/C=C\C/C=C\C/C=C\C/C=C\C/C=C\C/C=C\CCCC(=O)OCC(COC(=O)CCCCCCCCCC)OC(=O)CCCCCCCC/C=C\C/C=C\C/C=C\CCCCC. The molecule has 0 rings (SSSR count). The Labute approximate surface area is 418 Å². The van der Waals surface area contributed by atoms with E-state index in [1.165, 1.54) is 70.6 Å². The van der Waals surface area contributed by atoms with Gasteiger partial charge in [-0.15, -0.1) is 0 Å². The van der Waals surface area contributed by atoms with E-state index in [1.54, 1.807) is 0 Å². The summed E-state index contributed by atoms with van der Waals surface area (Å²) >= 11 is 0. The standard InChI is InChI=1S/C62H100O6/c1-4-7-10-13-16-19-21-23-25-27-29-30-31-32-34-35-37-39-41-43-46-49-52-55-61(64)67-58-59(57-66-60(63)54-51-48-45-18-15-12-9-6-3)68-62(65)56-53-50-47-44-42-40-38-36-33-28-26-24-22-20-17-14-11-8-5-2/h7,10,16-17,19-20,23-26,29-30,32-34,36-37,39,43,46,59H,4-6,8-9,11-15,18,21-22,27-28,31,35,38,40-42,44-45,47-58H2,1-3H3/b10-7-,19-16-,20-17-,25-23-,26-24-,30-29-,34-32-,36-33-,39-37-,46-43-. The first-order valence-corrected chi connectivity index (χ1v) is 27.5. The van der Waals surface area contributed by atoms with Gasteiger partial charge in [-0.05, 0) is 109 Å². The van der Waals surface area contributed by atoms with Crippen molar-refractivity contribution in [3.8, 4) is 0 Å². The summed E-state index contributed by atoms with van der Waals surface area (Å²) in [7, 11) is 0. The van der Waals surface area contributed by atoms with Gasteiger partial charge < -0.3 is 14.2 Å². The Morgan fingerprint density at radius 2 is 0.588 bits per heavy atom. The maximum Gasteiger partial charge on any atom is 0.306 e. The third kappa shape index (κ3) is 52.8. The number of hydrogen-bond donors (Lipinski definition) is 0. The van der Waals surface area contributed by atoms with Crippen LogP contribution in [0.25, 0.3) is 0 Å². The van der Waals surface area contributed by atoms with E-state index in [-0.39, 0.29) is 37.5 Å². The minimum atomic E-state index is -0.809. The zero-order chi connectivity index (χ0) is 49.3. The Bertz CT molecular complexity index is 1450. The molecule has 0 saturated carbocycles. The van der Waals surface area contributed by atoms with Gasteiger partial charge >= 0.3 is 17.9 Å². The van der Waals surface area contributed by atoms with Crippen LogP contribution >= 0.6 is 0 Å². The van der Waals surface area contributed by atoms with Crippen molar-refractivity contribution >= 4 is 17.9 Å². The molecule has 0 aromatic carbocycles. The quantitative estimate of drug-likeness (QED) is 0.0262. The van der Waals surface area contributed by atoms with Crippen LogP contribution in [0.5, 0.6) is 0 Å². The van der Waals surface area contributed by atoms with Gasteiger partial charge in [-0.1, -0.05) is 226 Å². The molecule has 6 heteroatoms. The highest BCUT2D eigenvalue weighted by atomic mass is 16.6. The van der Waals surface area contributed by atoms with E-state index in [0.29, 0.717) is 19.3 Å². The van der Waals surface area contributed by atoms with Crippen LogP contribution in [-0.2, 0) is 28.6 Å². The van der Waals surface area contributed by atoms with Crippen molar-refractivity contribution in [1.82, 2.24) is 0 Å². The van der Waals surface area contributed by atoms with Gasteiger partial charge in [0.05, 0.1) is 0 Å². The summed E-state index contributed by atoms with van der Waals surface area (Å²) < 4.78 is 16.7. The van der Waals surface area contributed by atoms with Gasteiger partial charge in [-0.3, -0.25) is 14.4 Å². The summed E-state index contributed by atoms with van der Waals surface area (Å²) in [5, 5.41) is 0. The lowest BCUT2D eigenvalue weighted by molar-refractivity contribution is -0.167. The van der Waals surface area contributed by atoms with Crippen molar-refractivity contribution in [2.24, 2.45) is 0 Å². The number of carbonyl (C=O) groups is 3. The molecule has 0 spiro atoms. The van der Waals surface area contributed by atoms with Crippen LogP contribution in [0.15, 0.2) is 122 Å². The van der Waals surface area contributed by atoms with Gasteiger partial charge in [0.15, 0.2) is 6.10 Å². The van der Waals surface area contributed by atoms with Crippen molar-refractivity contribution in [2.45, 2.75) is 239 Å². The first-order chi connectivity index (χ1) is 33.5. The second-order valence-corrected chi connectivity index (χ2v) is 17.8. The Morgan fingerprint density at radius 3 is 0.985 bits per heavy atom. The van der Waals surface area contributed by atoms with Crippen LogP contribution in [0.3, 0.4) is 0 Å². The largest absolute Gasteiger partial charge is 0.462 e. The molecule has 0 N–H and O–H groups in total. The maximum atomic E-state index is 12.8. The van der Waals surface area contributed by atoms with Crippen LogP contribution < -0.4 is 0 Å². The van der Waals surface area contributed by atoms with Gasteiger partial charge in [0.25, 0.3) is 0 Å². The molecule has 0 aromatic heterocycles. The van der Waals surface area contributed by atoms with E-state index >= 15 is 0 Å². The molecule has 384 valence electrons. The number of hydrogen-bond acceptors (Lipinski definition) is 6. The fraction of sp³-hybridized carbons (Fsp3) is 0.629. The van der Waals surface area contributed by atoms with E-state index in [1.807, 2.05) is 0 Å².